The molecule has 2 aromatic carbocycles. The molecule has 12 heteroatoms. The van der Waals surface area contributed by atoms with Crippen LogP contribution in [0.5, 0.6) is 0 Å². The first kappa shape index (κ1) is 29.0. The minimum absolute atomic E-state index is 0.0599. The van der Waals surface area contributed by atoms with E-state index in [1.807, 2.05) is 78.3 Å². The van der Waals surface area contributed by atoms with Gasteiger partial charge in [-0.3, -0.25) is 9.59 Å². The number of aliphatic hydroxyl groups excluding tert-OH is 2. The zero-order valence-corrected chi connectivity index (χ0v) is 24.7. The van der Waals surface area contributed by atoms with Crippen LogP contribution in [0.4, 0.5) is 5.69 Å². The molecule has 216 valence electrons. The number of carbonyl (C=O) groups excluding carboxylic acids is 2. The molecular weight excluding hydrogens is 564 g/mol. The standard InChI is InChI=1S/C29H33ClN6O4S/c1-17-32-22-13-19(30)9-10-24(22)36(17)15-20-16-41-25(33-20)14-31-28(39)26(37)27(38)29(40)35-11-5-8-23(35)18-6-4-7-21(12-18)34(2)3/h4,6-7,9-10,12-13,16,23,26-27,37-38H,5,8,11,14-15H2,1-3H3,(H,31,39)/t23?,26-,27-/m1/s1. The molecular formula is C29H33ClN6O4S. The Morgan fingerprint density at radius 3 is 2.76 bits per heavy atom. The predicted octanol–water partition coefficient (Wildman–Crippen LogP) is 3.27. The van der Waals surface area contributed by atoms with Crippen molar-refractivity contribution in [2.45, 2.75) is 51.1 Å². The number of nitrogens with one attached hydrogen (secondary N) is 1. The van der Waals surface area contributed by atoms with Gasteiger partial charge in [0.15, 0.2) is 12.2 Å². The van der Waals surface area contributed by atoms with Gasteiger partial charge in [0.05, 0.1) is 35.9 Å². The van der Waals surface area contributed by atoms with E-state index in [9.17, 15) is 19.8 Å². The van der Waals surface area contributed by atoms with Crippen molar-refractivity contribution in [3.8, 4) is 0 Å². The number of rotatable bonds is 9. The molecule has 0 bridgehead atoms. The molecule has 3 heterocycles. The molecule has 0 aliphatic carbocycles. The van der Waals surface area contributed by atoms with E-state index in [0.717, 1.165) is 46.6 Å². The number of aryl methyl sites for hydroxylation is 1. The number of benzene rings is 2. The van der Waals surface area contributed by atoms with Crippen molar-refractivity contribution < 1.29 is 19.8 Å². The Kier molecular flexibility index (Phi) is 8.60. The van der Waals surface area contributed by atoms with Gasteiger partial charge in [-0.05, 0) is 55.7 Å². The third-order valence-corrected chi connectivity index (χ3v) is 8.50. The summed E-state index contributed by atoms with van der Waals surface area (Å²) in [5.41, 5.74) is 4.51. The van der Waals surface area contributed by atoms with Gasteiger partial charge in [-0.25, -0.2) is 9.97 Å². The van der Waals surface area contributed by atoms with Crippen molar-refractivity contribution in [3.05, 3.63) is 75.0 Å². The van der Waals surface area contributed by atoms with Crippen LogP contribution in [0.2, 0.25) is 5.02 Å². The van der Waals surface area contributed by atoms with Gasteiger partial charge in [0.1, 0.15) is 10.8 Å². The number of aromatic nitrogens is 3. The molecule has 10 nitrogen and oxygen atoms in total. The minimum Gasteiger partial charge on any atom is -0.380 e. The summed E-state index contributed by atoms with van der Waals surface area (Å²) in [5, 5.41) is 27.0. The largest absolute Gasteiger partial charge is 0.380 e. The maximum absolute atomic E-state index is 13.2. The normalized spacial score (nSPS) is 16.6. The number of carbonyl (C=O) groups is 2. The third kappa shape index (κ3) is 6.23. The first-order valence-corrected chi connectivity index (χ1v) is 14.7. The number of imidazole rings is 1. The Bertz CT molecular complexity index is 1570. The fourth-order valence-corrected chi connectivity index (χ4v) is 6.08. The second-order valence-corrected chi connectivity index (χ2v) is 11.8. The highest BCUT2D eigenvalue weighted by Gasteiger charge is 2.38. The number of likely N-dealkylation sites (tertiary alicyclic amines) is 1. The molecule has 0 spiro atoms. The Labute approximate surface area is 247 Å². The average molecular weight is 597 g/mol. The van der Waals surface area contributed by atoms with Gasteiger partial charge in [-0.15, -0.1) is 11.3 Å². The van der Waals surface area contributed by atoms with Crippen LogP contribution in [-0.4, -0.2) is 74.3 Å². The molecule has 1 aliphatic rings. The summed E-state index contributed by atoms with van der Waals surface area (Å²) in [5.74, 6) is -0.662. The first-order valence-electron chi connectivity index (χ1n) is 13.4. The van der Waals surface area contributed by atoms with Crippen molar-refractivity contribution in [1.82, 2.24) is 24.8 Å². The van der Waals surface area contributed by atoms with E-state index >= 15 is 0 Å². The number of aliphatic hydroxyl groups is 2. The number of thiazole rings is 1. The molecule has 0 radical (unpaired) electrons. The molecule has 41 heavy (non-hydrogen) atoms. The second-order valence-electron chi connectivity index (χ2n) is 10.4. The van der Waals surface area contributed by atoms with Gasteiger partial charge in [-0.1, -0.05) is 23.7 Å². The van der Waals surface area contributed by atoms with Crippen molar-refractivity contribution in [2.75, 3.05) is 25.5 Å². The molecule has 1 saturated heterocycles. The van der Waals surface area contributed by atoms with E-state index in [2.05, 4.69) is 15.3 Å². The Morgan fingerprint density at radius 2 is 1.98 bits per heavy atom. The number of nitrogens with zero attached hydrogens (tertiary/aromatic N) is 5. The van der Waals surface area contributed by atoms with E-state index in [0.29, 0.717) is 23.1 Å². The van der Waals surface area contributed by atoms with Crippen molar-refractivity contribution in [2.24, 2.45) is 0 Å². The number of hydrogen-bond acceptors (Lipinski definition) is 8. The zero-order valence-electron chi connectivity index (χ0n) is 23.1. The number of hydrogen-bond donors (Lipinski definition) is 3. The van der Waals surface area contributed by atoms with Gasteiger partial charge >= 0.3 is 0 Å². The lowest BCUT2D eigenvalue weighted by Crippen LogP contribution is -2.50. The van der Waals surface area contributed by atoms with Crippen molar-refractivity contribution in [1.29, 1.82) is 0 Å². The quantitative estimate of drug-likeness (QED) is 0.271. The summed E-state index contributed by atoms with van der Waals surface area (Å²) >= 11 is 7.46. The summed E-state index contributed by atoms with van der Waals surface area (Å²) in [7, 11) is 3.89. The number of anilines is 1. The Morgan fingerprint density at radius 1 is 1.17 bits per heavy atom. The minimum atomic E-state index is -1.90. The van der Waals surface area contributed by atoms with Crippen molar-refractivity contribution in [3.63, 3.8) is 0 Å². The van der Waals surface area contributed by atoms with E-state index in [1.54, 1.807) is 4.90 Å². The molecule has 4 aromatic rings. The van der Waals surface area contributed by atoms with Crippen LogP contribution < -0.4 is 10.2 Å². The van der Waals surface area contributed by atoms with Crippen LogP contribution in [0.1, 0.15) is 41.0 Å². The summed E-state index contributed by atoms with van der Waals surface area (Å²) in [4.78, 5) is 38.5. The monoisotopic (exact) mass is 596 g/mol. The highest BCUT2D eigenvalue weighted by molar-refractivity contribution is 7.09. The highest BCUT2D eigenvalue weighted by Crippen LogP contribution is 2.34. The number of halogens is 1. The van der Waals surface area contributed by atoms with E-state index in [-0.39, 0.29) is 12.6 Å². The van der Waals surface area contributed by atoms with E-state index in [4.69, 9.17) is 11.6 Å². The predicted molar refractivity (Wildman–Crippen MR) is 159 cm³/mol. The SMILES string of the molecule is Cc1nc2cc(Cl)ccc2n1Cc1csc(CNC(=O)[C@H](O)[C@@H](O)C(=O)N2CCCC2c2cccc(N(C)C)c2)n1. The fourth-order valence-electron chi connectivity index (χ4n) is 5.19. The van der Waals surface area contributed by atoms with Gasteiger partial charge < -0.3 is 29.9 Å². The summed E-state index contributed by atoms with van der Waals surface area (Å²) in [6, 6.07) is 13.2. The maximum Gasteiger partial charge on any atom is 0.255 e. The molecule has 1 unspecified atom stereocenters. The topological polar surface area (TPSA) is 124 Å². The van der Waals surface area contributed by atoms with Crippen LogP contribution >= 0.6 is 22.9 Å². The lowest BCUT2D eigenvalue weighted by molar-refractivity contribution is -0.153. The zero-order chi connectivity index (χ0) is 29.3. The second kappa shape index (κ2) is 12.2. The van der Waals surface area contributed by atoms with Crippen LogP contribution in [0.3, 0.4) is 0 Å². The number of amides is 2. The van der Waals surface area contributed by atoms with Gasteiger partial charge in [0.25, 0.3) is 11.8 Å². The molecule has 1 fully saturated rings. The van der Waals surface area contributed by atoms with E-state index in [1.165, 1.54) is 11.3 Å². The van der Waals surface area contributed by atoms with Crippen LogP contribution in [0.25, 0.3) is 11.0 Å². The van der Waals surface area contributed by atoms with Gasteiger partial charge in [-0.2, -0.15) is 0 Å². The Balaban J connectivity index is 1.18. The highest BCUT2D eigenvalue weighted by atomic mass is 35.5. The number of fused-ring (bicyclic) bond motifs is 1. The lowest BCUT2D eigenvalue weighted by atomic mass is 10.0. The summed E-state index contributed by atoms with van der Waals surface area (Å²) in [6.45, 7) is 2.92. The average Bonchev–Trinajstić information content (AvgIpc) is 3.70. The molecule has 0 saturated carbocycles. The summed E-state index contributed by atoms with van der Waals surface area (Å²) in [6.07, 6.45) is -2.26. The molecule has 3 N–H and O–H groups in total. The van der Waals surface area contributed by atoms with E-state index < -0.39 is 24.0 Å². The van der Waals surface area contributed by atoms with Gasteiger partial charge in [0, 0.05) is 36.7 Å². The Hall–Kier alpha value is -3.51. The van der Waals surface area contributed by atoms with Gasteiger partial charge in [0.2, 0.25) is 0 Å². The van der Waals surface area contributed by atoms with Crippen LogP contribution in [0.15, 0.2) is 47.8 Å². The maximum atomic E-state index is 13.2. The third-order valence-electron chi connectivity index (χ3n) is 7.36. The molecule has 2 aromatic heterocycles. The molecule has 5 rings (SSSR count). The van der Waals surface area contributed by atoms with Crippen molar-refractivity contribution >= 4 is 51.5 Å². The fraction of sp³-hybridized carbons (Fsp3) is 0.379. The smallest absolute Gasteiger partial charge is 0.255 e. The first-order chi connectivity index (χ1) is 19.6. The van der Waals surface area contributed by atoms with Crippen LogP contribution in [0, 0.1) is 6.92 Å². The molecule has 1 aliphatic heterocycles. The lowest BCUT2D eigenvalue weighted by Gasteiger charge is -2.29. The summed E-state index contributed by atoms with van der Waals surface area (Å²) < 4.78 is 2.04. The molecule has 2 amide bonds. The molecule has 3 atom stereocenters. The van der Waals surface area contributed by atoms with Crippen LogP contribution in [-0.2, 0) is 22.7 Å².